The Morgan fingerprint density at radius 1 is 1.45 bits per heavy atom. The second kappa shape index (κ2) is 6.92. The van der Waals surface area contributed by atoms with E-state index in [-0.39, 0.29) is 16.8 Å². The van der Waals surface area contributed by atoms with Gasteiger partial charge in [0.1, 0.15) is 11.9 Å². The van der Waals surface area contributed by atoms with Gasteiger partial charge in [-0.05, 0) is 43.5 Å². The first kappa shape index (κ1) is 16.5. The van der Waals surface area contributed by atoms with Gasteiger partial charge in [-0.2, -0.15) is 0 Å². The summed E-state index contributed by atoms with van der Waals surface area (Å²) in [6, 6.07) is 3.33. The molecule has 1 aromatic rings. The van der Waals surface area contributed by atoms with Gasteiger partial charge in [0, 0.05) is 13.6 Å². The van der Waals surface area contributed by atoms with Crippen molar-refractivity contribution in [1.29, 1.82) is 0 Å². The zero-order chi connectivity index (χ0) is 16.3. The lowest BCUT2D eigenvalue weighted by atomic mass is 10.0. The highest BCUT2D eigenvalue weighted by Crippen LogP contribution is 2.28. The highest BCUT2D eigenvalue weighted by atomic mass is 35.5. The molecule has 0 bridgehead atoms. The Morgan fingerprint density at radius 3 is 2.82 bits per heavy atom. The van der Waals surface area contributed by atoms with Crippen LogP contribution in [0.5, 0.6) is 0 Å². The lowest BCUT2D eigenvalue weighted by Crippen LogP contribution is -2.52. The Hall–Kier alpha value is -1.88. The summed E-state index contributed by atoms with van der Waals surface area (Å²) in [5.41, 5.74) is 0.421. The first-order chi connectivity index (χ1) is 10.5. The number of carbonyl (C=O) groups excluding carboxylic acids is 2. The molecule has 4 nitrogen and oxygen atoms in total. The molecule has 1 aromatic carbocycles. The zero-order valence-electron chi connectivity index (χ0n) is 12.4. The molecular formula is C16H18ClFN2O2. The van der Waals surface area contributed by atoms with E-state index in [2.05, 4.69) is 6.58 Å². The van der Waals surface area contributed by atoms with Crippen LogP contribution in [0.1, 0.15) is 19.3 Å². The van der Waals surface area contributed by atoms with E-state index in [4.69, 9.17) is 11.6 Å². The molecule has 22 heavy (non-hydrogen) atoms. The molecule has 2 rings (SSSR count). The quantitative estimate of drug-likeness (QED) is 0.802. The number of rotatable bonds is 3. The Kier molecular flexibility index (Phi) is 5.19. The molecule has 2 amide bonds. The van der Waals surface area contributed by atoms with E-state index in [9.17, 15) is 14.0 Å². The maximum absolute atomic E-state index is 13.1. The molecule has 1 aliphatic rings. The van der Waals surface area contributed by atoms with E-state index >= 15 is 0 Å². The predicted molar refractivity (Wildman–Crippen MR) is 84.4 cm³/mol. The van der Waals surface area contributed by atoms with Crippen molar-refractivity contribution in [3.8, 4) is 0 Å². The fourth-order valence-corrected chi connectivity index (χ4v) is 2.96. The summed E-state index contributed by atoms with van der Waals surface area (Å²) in [6.45, 7) is 4.01. The van der Waals surface area contributed by atoms with Crippen LogP contribution in [-0.4, -0.2) is 36.3 Å². The number of hydrogen-bond acceptors (Lipinski definition) is 2. The predicted octanol–water partition coefficient (Wildman–Crippen LogP) is 3.01. The van der Waals surface area contributed by atoms with Gasteiger partial charge in [0.2, 0.25) is 11.8 Å². The summed E-state index contributed by atoms with van der Waals surface area (Å²) >= 11 is 6.00. The van der Waals surface area contributed by atoms with Gasteiger partial charge in [-0.3, -0.25) is 9.59 Å². The van der Waals surface area contributed by atoms with Crippen LogP contribution >= 0.6 is 11.6 Å². The number of amides is 2. The highest BCUT2D eigenvalue weighted by molar-refractivity contribution is 6.33. The Bertz CT molecular complexity index is 606. The summed E-state index contributed by atoms with van der Waals surface area (Å²) in [5, 5.41) is 0.160. The van der Waals surface area contributed by atoms with Gasteiger partial charge in [-0.1, -0.05) is 18.2 Å². The third-order valence-corrected chi connectivity index (χ3v) is 4.15. The van der Waals surface area contributed by atoms with Gasteiger partial charge in [-0.15, -0.1) is 0 Å². The maximum atomic E-state index is 13.1. The van der Waals surface area contributed by atoms with Crippen molar-refractivity contribution in [1.82, 2.24) is 4.90 Å². The Morgan fingerprint density at radius 2 is 2.18 bits per heavy atom. The number of piperidine rings is 1. The van der Waals surface area contributed by atoms with Crippen LogP contribution in [0, 0.1) is 5.82 Å². The van der Waals surface area contributed by atoms with Crippen LogP contribution in [0.2, 0.25) is 5.02 Å². The van der Waals surface area contributed by atoms with E-state index in [1.54, 1.807) is 7.05 Å². The molecule has 0 radical (unpaired) electrons. The van der Waals surface area contributed by atoms with Crippen LogP contribution in [0.4, 0.5) is 10.1 Å². The average Bonchev–Trinajstić information content (AvgIpc) is 2.53. The van der Waals surface area contributed by atoms with Gasteiger partial charge in [-0.25, -0.2) is 4.39 Å². The topological polar surface area (TPSA) is 40.6 Å². The largest absolute Gasteiger partial charge is 0.327 e. The molecule has 0 unspecified atom stereocenters. The van der Waals surface area contributed by atoms with Crippen molar-refractivity contribution in [2.45, 2.75) is 25.3 Å². The van der Waals surface area contributed by atoms with Crippen molar-refractivity contribution in [2.24, 2.45) is 0 Å². The minimum absolute atomic E-state index is 0.160. The maximum Gasteiger partial charge on any atom is 0.249 e. The van der Waals surface area contributed by atoms with Crippen molar-refractivity contribution >= 4 is 29.1 Å². The fraction of sp³-hybridized carbons (Fsp3) is 0.375. The van der Waals surface area contributed by atoms with Gasteiger partial charge in [0.15, 0.2) is 0 Å². The number of halogens is 2. The molecule has 0 spiro atoms. The van der Waals surface area contributed by atoms with Crippen molar-refractivity contribution < 1.29 is 14.0 Å². The minimum atomic E-state index is -0.537. The zero-order valence-corrected chi connectivity index (χ0v) is 13.1. The number of nitrogens with zero attached hydrogens (tertiary/aromatic N) is 2. The number of hydrogen-bond donors (Lipinski definition) is 0. The minimum Gasteiger partial charge on any atom is -0.327 e. The molecule has 1 saturated heterocycles. The molecule has 1 heterocycles. The molecule has 0 aliphatic carbocycles. The Balaban J connectivity index is 2.24. The number of anilines is 1. The monoisotopic (exact) mass is 324 g/mol. The molecule has 0 N–H and O–H groups in total. The smallest absolute Gasteiger partial charge is 0.249 e. The summed E-state index contributed by atoms with van der Waals surface area (Å²) in [7, 11) is 1.58. The van der Waals surface area contributed by atoms with Gasteiger partial charge in [0.05, 0.1) is 10.7 Å². The molecular weight excluding hydrogens is 307 g/mol. The number of benzene rings is 1. The van der Waals surface area contributed by atoms with Crippen LogP contribution < -0.4 is 4.90 Å². The second-order valence-corrected chi connectivity index (χ2v) is 5.65. The summed E-state index contributed by atoms with van der Waals surface area (Å²) < 4.78 is 13.1. The molecule has 0 saturated carbocycles. The van der Waals surface area contributed by atoms with Gasteiger partial charge < -0.3 is 9.80 Å². The highest BCUT2D eigenvalue weighted by Gasteiger charge is 2.33. The fourth-order valence-electron chi connectivity index (χ4n) is 2.66. The first-order valence-corrected chi connectivity index (χ1v) is 7.49. The van der Waals surface area contributed by atoms with E-state index in [1.165, 1.54) is 28.0 Å². The van der Waals surface area contributed by atoms with Crippen LogP contribution in [0.25, 0.3) is 0 Å². The lowest BCUT2D eigenvalue weighted by molar-refractivity contribution is -0.137. The van der Waals surface area contributed by atoms with E-state index in [1.807, 2.05) is 0 Å². The van der Waals surface area contributed by atoms with Crippen LogP contribution in [-0.2, 0) is 9.59 Å². The SMILES string of the molecule is C=CC(=O)N1CCCC[C@H]1C(=O)N(C)c1ccc(F)cc1Cl. The molecule has 1 atom stereocenters. The first-order valence-electron chi connectivity index (χ1n) is 7.11. The molecule has 6 heteroatoms. The standard InChI is InChI=1S/C16H18ClFN2O2/c1-3-15(21)20-9-5-4-6-14(20)16(22)19(2)13-8-7-11(18)10-12(13)17/h3,7-8,10,14H,1,4-6,9H2,2H3/t14-/m0/s1. The van der Waals surface area contributed by atoms with Crippen LogP contribution in [0.3, 0.4) is 0 Å². The summed E-state index contributed by atoms with van der Waals surface area (Å²) in [6.07, 6.45) is 3.56. The van der Waals surface area contributed by atoms with E-state index in [0.717, 1.165) is 18.9 Å². The molecule has 118 valence electrons. The summed E-state index contributed by atoms with van der Waals surface area (Å²) in [4.78, 5) is 27.5. The van der Waals surface area contributed by atoms with Crippen molar-refractivity contribution in [3.63, 3.8) is 0 Å². The molecule has 1 fully saturated rings. The van der Waals surface area contributed by atoms with Gasteiger partial charge in [0.25, 0.3) is 0 Å². The second-order valence-electron chi connectivity index (χ2n) is 5.24. The number of likely N-dealkylation sites (N-methyl/N-ethyl adjacent to an activating group) is 1. The Labute approximate surface area is 134 Å². The normalized spacial score (nSPS) is 18.0. The summed E-state index contributed by atoms with van der Waals surface area (Å²) in [5.74, 6) is -0.948. The van der Waals surface area contributed by atoms with Crippen LogP contribution in [0.15, 0.2) is 30.9 Å². The molecule has 0 aromatic heterocycles. The van der Waals surface area contributed by atoms with Crippen molar-refractivity contribution in [3.05, 3.63) is 41.7 Å². The lowest BCUT2D eigenvalue weighted by Gasteiger charge is -2.36. The third-order valence-electron chi connectivity index (χ3n) is 3.85. The number of likely N-dealkylation sites (tertiary alicyclic amines) is 1. The van der Waals surface area contributed by atoms with Crippen molar-refractivity contribution in [2.75, 3.05) is 18.5 Å². The average molecular weight is 325 g/mol. The van der Waals surface area contributed by atoms with E-state index < -0.39 is 11.9 Å². The molecule has 1 aliphatic heterocycles. The van der Waals surface area contributed by atoms with Gasteiger partial charge >= 0.3 is 0 Å². The number of carbonyl (C=O) groups is 2. The van der Waals surface area contributed by atoms with E-state index in [0.29, 0.717) is 18.7 Å². The third kappa shape index (κ3) is 3.30.